The minimum Gasteiger partial charge on any atom is -0.503 e. The number of pyridine rings is 1. The summed E-state index contributed by atoms with van der Waals surface area (Å²) >= 11 is 0. The first-order chi connectivity index (χ1) is 14.3. The Bertz CT molecular complexity index is 918. The van der Waals surface area contributed by atoms with Gasteiger partial charge in [-0.05, 0) is 18.6 Å². The highest BCUT2D eigenvalue weighted by atomic mass is 19.1. The molecule has 2 N–H and O–H groups in total. The van der Waals surface area contributed by atoms with Crippen LogP contribution >= 0.6 is 0 Å². The highest BCUT2D eigenvalue weighted by Gasteiger charge is 2.19. The predicted molar refractivity (Wildman–Crippen MR) is 106 cm³/mol. The van der Waals surface area contributed by atoms with Crippen molar-refractivity contribution in [2.75, 3.05) is 20.3 Å². The fourth-order valence-corrected chi connectivity index (χ4v) is 2.60. The number of carbonyl (C=O) groups excluding carboxylic acids is 2. The molecular formula is C21H23FN2O6. The van der Waals surface area contributed by atoms with Crippen molar-refractivity contribution in [2.45, 2.75) is 19.4 Å². The zero-order valence-electron chi connectivity index (χ0n) is 16.7. The lowest BCUT2D eigenvalue weighted by atomic mass is 10.1. The molecule has 0 bridgehead atoms. The Balaban J connectivity index is 1.91. The first kappa shape index (κ1) is 22.7. The molecule has 160 valence electrons. The molecule has 0 saturated carbocycles. The normalized spacial score (nSPS) is 11.3. The monoisotopic (exact) mass is 418 g/mol. The van der Waals surface area contributed by atoms with Crippen LogP contribution in [0.2, 0.25) is 0 Å². The molecule has 1 aromatic carbocycles. The lowest BCUT2D eigenvalue weighted by Crippen LogP contribution is -2.33. The lowest BCUT2D eigenvalue weighted by molar-refractivity contribution is -0.146. The van der Waals surface area contributed by atoms with Gasteiger partial charge in [-0.3, -0.25) is 9.59 Å². The quantitative estimate of drug-likeness (QED) is 0.451. The minimum absolute atomic E-state index is 0.0834. The molecule has 0 fully saturated rings. The predicted octanol–water partition coefficient (Wildman–Crippen LogP) is 2.40. The van der Waals surface area contributed by atoms with Gasteiger partial charge in [-0.25, -0.2) is 9.37 Å². The molecule has 9 heteroatoms. The van der Waals surface area contributed by atoms with Crippen molar-refractivity contribution in [3.63, 3.8) is 0 Å². The summed E-state index contributed by atoms with van der Waals surface area (Å²) in [5.41, 5.74) is 0.388. The summed E-state index contributed by atoms with van der Waals surface area (Å²) in [5.74, 6) is -1.89. The van der Waals surface area contributed by atoms with Crippen LogP contribution in [0.1, 0.15) is 23.0 Å². The molecule has 0 aliphatic rings. The second kappa shape index (κ2) is 10.8. The van der Waals surface area contributed by atoms with Gasteiger partial charge in [0.05, 0.1) is 7.11 Å². The molecule has 30 heavy (non-hydrogen) atoms. The number of hydrogen-bond donors (Lipinski definition) is 2. The fraction of sp³-hybridized carbons (Fsp3) is 0.286. The number of aromatic nitrogens is 1. The number of rotatable bonds is 10. The largest absolute Gasteiger partial charge is 0.503 e. The average Bonchev–Trinajstić information content (AvgIpc) is 2.72. The highest BCUT2D eigenvalue weighted by molar-refractivity contribution is 5.97. The minimum atomic E-state index is -0.755. The zero-order chi connectivity index (χ0) is 22.1. The van der Waals surface area contributed by atoms with Crippen molar-refractivity contribution in [1.29, 1.82) is 0 Å². The SMILES string of the molecule is C=CCOc1cc(F)ccc1CC(C)OC(=O)CNC(=O)c1nccc(OC)c1O. The molecule has 0 spiro atoms. The van der Waals surface area contributed by atoms with Crippen molar-refractivity contribution < 1.29 is 33.3 Å². The van der Waals surface area contributed by atoms with Gasteiger partial charge in [-0.15, -0.1) is 0 Å². The molecular weight excluding hydrogens is 395 g/mol. The van der Waals surface area contributed by atoms with Gasteiger partial charge in [0.25, 0.3) is 5.91 Å². The van der Waals surface area contributed by atoms with Crippen LogP contribution in [0.15, 0.2) is 43.1 Å². The van der Waals surface area contributed by atoms with E-state index in [1.165, 1.54) is 37.6 Å². The first-order valence-corrected chi connectivity index (χ1v) is 9.07. The molecule has 1 heterocycles. The summed E-state index contributed by atoms with van der Waals surface area (Å²) in [6.07, 6.45) is 2.55. The summed E-state index contributed by atoms with van der Waals surface area (Å²) in [6, 6.07) is 5.49. The number of ether oxygens (including phenoxy) is 3. The number of esters is 1. The second-order valence-electron chi connectivity index (χ2n) is 6.25. The van der Waals surface area contributed by atoms with E-state index in [4.69, 9.17) is 14.2 Å². The van der Waals surface area contributed by atoms with Gasteiger partial charge in [0.15, 0.2) is 17.2 Å². The number of carbonyl (C=O) groups is 2. The van der Waals surface area contributed by atoms with Gasteiger partial charge in [-0.1, -0.05) is 18.7 Å². The van der Waals surface area contributed by atoms with E-state index in [1.807, 2.05) is 0 Å². The number of nitrogens with zero attached hydrogens (tertiary/aromatic N) is 1. The van der Waals surface area contributed by atoms with E-state index in [1.54, 1.807) is 13.0 Å². The van der Waals surface area contributed by atoms with Crippen LogP contribution in [0.3, 0.4) is 0 Å². The Labute approximate surface area is 173 Å². The number of aromatic hydroxyl groups is 1. The molecule has 0 radical (unpaired) electrons. The van der Waals surface area contributed by atoms with E-state index in [0.717, 1.165) is 0 Å². The Hall–Kier alpha value is -3.62. The molecule has 2 rings (SSSR count). The van der Waals surface area contributed by atoms with Crippen LogP contribution in [0.25, 0.3) is 0 Å². The molecule has 0 aliphatic heterocycles. The van der Waals surface area contributed by atoms with Crippen molar-refractivity contribution >= 4 is 11.9 Å². The fourth-order valence-electron chi connectivity index (χ4n) is 2.60. The summed E-state index contributed by atoms with van der Waals surface area (Å²) < 4.78 is 29.1. The summed E-state index contributed by atoms with van der Waals surface area (Å²) in [5, 5.41) is 12.3. The molecule has 1 amide bonds. The van der Waals surface area contributed by atoms with Crippen LogP contribution < -0.4 is 14.8 Å². The average molecular weight is 418 g/mol. The van der Waals surface area contributed by atoms with Gasteiger partial charge in [0.2, 0.25) is 0 Å². The third-order valence-corrected chi connectivity index (χ3v) is 3.94. The number of benzene rings is 1. The number of nitrogens with one attached hydrogen (secondary N) is 1. The summed E-state index contributed by atoms with van der Waals surface area (Å²) in [4.78, 5) is 28.0. The Kier molecular flexibility index (Phi) is 8.16. The van der Waals surface area contributed by atoms with Crippen LogP contribution in [-0.2, 0) is 16.0 Å². The van der Waals surface area contributed by atoms with Crippen molar-refractivity contribution in [2.24, 2.45) is 0 Å². The van der Waals surface area contributed by atoms with Crippen LogP contribution in [0, 0.1) is 5.82 Å². The van der Waals surface area contributed by atoms with Crippen molar-refractivity contribution in [3.05, 3.63) is 60.2 Å². The highest BCUT2D eigenvalue weighted by Crippen LogP contribution is 2.27. The maximum absolute atomic E-state index is 13.5. The van der Waals surface area contributed by atoms with E-state index in [0.29, 0.717) is 11.3 Å². The van der Waals surface area contributed by atoms with Crippen molar-refractivity contribution in [3.8, 4) is 17.2 Å². The number of amides is 1. The molecule has 0 aliphatic carbocycles. The number of hydrogen-bond acceptors (Lipinski definition) is 7. The molecule has 1 atom stereocenters. The smallest absolute Gasteiger partial charge is 0.325 e. The van der Waals surface area contributed by atoms with Crippen LogP contribution in [0.4, 0.5) is 4.39 Å². The van der Waals surface area contributed by atoms with Gasteiger partial charge in [-0.2, -0.15) is 0 Å². The molecule has 1 aromatic heterocycles. The third-order valence-electron chi connectivity index (χ3n) is 3.94. The van der Waals surface area contributed by atoms with E-state index in [9.17, 15) is 19.1 Å². The number of halogens is 1. The Morgan fingerprint density at radius 1 is 1.33 bits per heavy atom. The van der Waals surface area contributed by atoms with Gasteiger partial charge in [0.1, 0.15) is 30.8 Å². The van der Waals surface area contributed by atoms with E-state index in [2.05, 4.69) is 16.9 Å². The topological polar surface area (TPSA) is 107 Å². The standard InChI is InChI=1S/C21H23FN2O6/c1-4-9-29-17-11-15(22)6-5-14(17)10-13(2)30-18(25)12-24-21(27)19-20(26)16(28-3)7-8-23-19/h4-8,11,13,26H,1,9-10,12H2,2-3H3,(H,24,27). The van der Waals surface area contributed by atoms with E-state index in [-0.39, 0.29) is 24.5 Å². The maximum atomic E-state index is 13.5. The van der Waals surface area contributed by atoms with Gasteiger partial charge in [0, 0.05) is 24.8 Å². The first-order valence-electron chi connectivity index (χ1n) is 9.07. The number of methoxy groups -OCH3 is 1. The molecule has 1 unspecified atom stereocenters. The van der Waals surface area contributed by atoms with Crippen molar-refractivity contribution in [1.82, 2.24) is 10.3 Å². The van der Waals surface area contributed by atoms with Gasteiger partial charge < -0.3 is 24.6 Å². The second-order valence-corrected chi connectivity index (χ2v) is 6.25. The molecule has 0 saturated heterocycles. The Morgan fingerprint density at radius 2 is 2.10 bits per heavy atom. The maximum Gasteiger partial charge on any atom is 0.325 e. The lowest BCUT2D eigenvalue weighted by Gasteiger charge is -2.16. The van der Waals surface area contributed by atoms with E-state index < -0.39 is 36.1 Å². The molecule has 2 aromatic rings. The van der Waals surface area contributed by atoms with Crippen LogP contribution in [-0.4, -0.2) is 48.3 Å². The third kappa shape index (κ3) is 6.20. The molecule has 8 nitrogen and oxygen atoms in total. The van der Waals surface area contributed by atoms with Gasteiger partial charge >= 0.3 is 5.97 Å². The summed E-state index contributed by atoms with van der Waals surface area (Å²) in [7, 11) is 1.34. The van der Waals surface area contributed by atoms with E-state index >= 15 is 0 Å². The Morgan fingerprint density at radius 3 is 2.80 bits per heavy atom. The summed E-state index contributed by atoms with van der Waals surface area (Å²) in [6.45, 7) is 5.00. The zero-order valence-corrected chi connectivity index (χ0v) is 16.7. The van der Waals surface area contributed by atoms with Crippen LogP contribution in [0.5, 0.6) is 17.2 Å².